The number of likely N-dealkylation sites (N-methyl/N-ethyl adjacent to an activating group) is 1. The average molecular weight is 724 g/mol. The first-order valence-corrected chi connectivity index (χ1v) is 20.7. The van der Waals surface area contributed by atoms with E-state index in [-0.39, 0.29) is 70.2 Å². The van der Waals surface area contributed by atoms with E-state index in [0.717, 1.165) is 82.6 Å². The van der Waals surface area contributed by atoms with E-state index >= 15 is 0 Å². The van der Waals surface area contributed by atoms with Gasteiger partial charge >= 0.3 is 11.9 Å². The third-order valence-electron chi connectivity index (χ3n) is 17.0. The highest BCUT2D eigenvalue weighted by Gasteiger charge is 2.71. The van der Waals surface area contributed by atoms with Gasteiger partial charge in [0.15, 0.2) is 5.78 Å². The number of Topliss-reactive ketones (excluding diaryl/α,β-unsaturated/α-hetero) is 1. The van der Waals surface area contributed by atoms with Crippen molar-refractivity contribution in [1.82, 2.24) is 4.90 Å². The van der Waals surface area contributed by atoms with Crippen LogP contribution in [-0.2, 0) is 23.9 Å². The Bertz CT molecular complexity index is 1500. The molecule has 5 saturated carbocycles. The second-order valence-corrected chi connectivity index (χ2v) is 20.8. The molecule has 0 aromatic heterocycles. The van der Waals surface area contributed by atoms with Crippen molar-refractivity contribution >= 4 is 23.6 Å². The number of carbonyl (C=O) groups excluding carboxylic acids is 3. The SMILES string of the molecule is CC(C)C1=C2[C@H]3CC[C@@H]4[C@@]5(C)CC[C@H](OC(=O)CC(C)(C)C(=O)O)C(C)(C)[C@@H]5CC[C@@]4(C)[C@]3(C)CCC2([C@@H](O)CN(C)C(=O)C2CCCC2)CC1=O. The van der Waals surface area contributed by atoms with E-state index < -0.39 is 28.9 Å². The van der Waals surface area contributed by atoms with Gasteiger partial charge in [0, 0.05) is 36.8 Å². The fraction of sp³-hybridized carbons (Fsp3) is 0.864. The van der Waals surface area contributed by atoms with Crippen molar-refractivity contribution in [2.45, 2.75) is 164 Å². The lowest BCUT2D eigenvalue weighted by molar-refractivity contribution is -0.235. The largest absolute Gasteiger partial charge is 0.481 e. The third kappa shape index (κ3) is 5.84. The minimum Gasteiger partial charge on any atom is -0.481 e. The van der Waals surface area contributed by atoms with Crippen LogP contribution in [0.4, 0.5) is 0 Å². The number of amides is 1. The van der Waals surface area contributed by atoms with Gasteiger partial charge in [-0.25, -0.2) is 0 Å². The molecule has 2 N–H and O–H groups in total. The van der Waals surface area contributed by atoms with Gasteiger partial charge in [-0.2, -0.15) is 0 Å². The fourth-order valence-corrected chi connectivity index (χ4v) is 13.9. The van der Waals surface area contributed by atoms with Crippen LogP contribution in [-0.4, -0.2) is 64.5 Å². The first-order chi connectivity index (χ1) is 24.1. The standard InChI is InChI=1S/C44H69NO7/c1-26(2)35-29(46)23-44(32(47)25-45(10)37(49)27-13-11-12-14-27)22-21-42(8)28(36(35)44)15-16-31-41(7)19-18-33(52-34(48)24-39(3,4)38(50)51)40(5,6)30(41)17-20-43(31,42)9/h26-28,30-33,47H,11-25H2,1-10H3,(H,50,51)/t28-,30+,31-,32+,33+,41+,42-,43-,44?/m1/s1. The molecule has 8 heteroatoms. The van der Waals surface area contributed by atoms with Gasteiger partial charge in [-0.3, -0.25) is 19.2 Å². The number of fused-ring (bicyclic) bond motifs is 7. The second-order valence-electron chi connectivity index (χ2n) is 20.8. The highest BCUT2D eigenvalue weighted by Crippen LogP contribution is 2.77. The molecule has 1 unspecified atom stereocenters. The Balaban J connectivity index is 1.28. The zero-order chi connectivity index (χ0) is 38.4. The molecule has 6 aliphatic carbocycles. The van der Waals surface area contributed by atoms with Crippen molar-refractivity contribution in [3.63, 3.8) is 0 Å². The van der Waals surface area contributed by atoms with Gasteiger partial charge in [0.2, 0.25) is 5.91 Å². The summed E-state index contributed by atoms with van der Waals surface area (Å²) in [6.07, 6.45) is 10.8. The molecule has 0 bridgehead atoms. The van der Waals surface area contributed by atoms with Gasteiger partial charge < -0.3 is 19.8 Å². The van der Waals surface area contributed by atoms with Gasteiger partial charge in [0.1, 0.15) is 6.10 Å². The third-order valence-corrected chi connectivity index (χ3v) is 17.0. The highest BCUT2D eigenvalue weighted by molar-refractivity contribution is 6.00. The van der Waals surface area contributed by atoms with Crippen molar-refractivity contribution in [1.29, 1.82) is 0 Å². The summed E-state index contributed by atoms with van der Waals surface area (Å²) in [4.78, 5) is 54.1. The zero-order valence-electron chi connectivity index (χ0n) is 34.0. The maximum absolute atomic E-state index is 14.1. The molecule has 52 heavy (non-hydrogen) atoms. The molecule has 1 amide bonds. The monoisotopic (exact) mass is 724 g/mol. The molecule has 0 aromatic rings. The molecule has 0 saturated heterocycles. The minimum absolute atomic E-state index is 0.0271. The molecule has 292 valence electrons. The number of allylic oxidation sites excluding steroid dienone is 1. The first-order valence-electron chi connectivity index (χ1n) is 20.7. The molecule has 0 aromatic carbocycles. The summed E-state index contributed by atoms with van der Waals surface area (Å²) in [5.74, 6) is 0.0800. The van der Waals surface area contributed by atoms with Crippen LogP contribution >= 0.6 is 0 Å². The smallest absolute Gasteiger partial charge is 0.309 e. The number of ketones is 1. The maximum Gasteiger partial charge on any atom is 0.309 e. The molecular weight excluding hydrogens is 654 g/mol. The number of nitrogens with zero attached hydrogens (tertiary/aromatic N) is 1. The maximum atomic E-state index is 14.1. The van der Waals surface area contributed by atoms with Crippen molar-refractivity contribution in [3.8, 4) is 0 Å². The van der Waals surface area contributed by atoms with Crippen molar-refractivity contribution in [2.75, 3.05) is 13.6 Å². The Kier molecular flexibility index (Phi) is 10.0. The Morgan fingerprint density at radius 1 is 0.885 bits per heavy atom. The average Bonchev–Trinajstić information content (AvgIpc) is 3.69. The number of carbonyl (C=O) groups is 4. The molecular formula is C44H69NO7. The molecule has 8 nitrogen and oxygen atoms in total. The molecule has 9 atom stereocenters. The summed E-state index contributed by atoms with van der Waals surface area (Å²) in [5, 5.41) is 21.9. The van der Waals surface area contributed by atoms with Gasteiger partial charge in [0.05, 0.1) is 17.9 Å². The lowest BCUT2D eigenvalue weighted by atomic mass is 9.33. The summed E-state index contributed by atoms with van der Waals surface area (Å²) in [6.45, 7) is 19.8. The highest BCUT2D eigenvalue weighted by atomic mass is 16.5. The number of rotatable bonds is 9. The van der Waals surface area contributed by atoms with Crippen LogP contribution in [0.2, 0.25) is 0 Å². The van der Waals surface area contributed by atoms with Crippen LogP contribution in [0.5, 0.6) is 0 Å². The van der Waals surface area contributed by atoms with Crippen LogP contribution < -0.4 is 0 Å². The van der Waals surface area contributed by atoms with Crippen molar-refractivity contribution in [3.05, 3.63) is 11.1 Å². The lowest BCUT2D eigenvalue weighted by Crippen LogP contribution is -2.66. The van der Waals surface area contributed by atoms with E-state index in [1.165, 1.54) is 5.57 Å². The van der Waals surface area contributed by atoms with E-state index in [0.29, 0.717) is 18.3 Å². The normalized spacial score (nSPS) is 39.3. The number of aliphatic hydroxyl groups is 1. The van der Waals surface area contributed by atoms with Gasteiger partial charge in [-0.15, -0.1) is 0 Å². The summed E-state index contributed by atoms with van der Waals surface area (Å²) in [6, 6.07) is 0. The predicted octanol–water partition coefficient (Wildman–Crippen LogP) is 8.39. The Morgan fingerprint density at radius 3 is 2.15 bits per heavy atom. The van der Waals surface area contributed by atoms with E-state index in [1.54, 1.807) is 18.7 Å². The zero-order valence-corrected chi connectivity index (χ0v) is 34.0. The van der Waals surface area contributed by atoms with E-state index in [9.17, 15) is 29.4 Å². The van der Waals surface area contributed by atoms with Crippen molar-refractivity contribution in [2.24, 2.45) is 62.1 Å². The molecule has 6 rings (SSSR count). The Hall–Kier alpha value is -2.22. The number of carboxylic acids is 1. The predicted molar refractivity (Wildman–Crippen MR) is 201 cm³/mol. The lowest BCUT2D eigenvalue weighted by Gasteiger charge is -2.72. The number of esters is 1. The van der Waals surface area contributed by atoms with Gasteiger partial charge in [-0.05, 0) is 124 Å². The number of hydrogen-bond donors (Lipinski definition) is 2. The quantitative estimate of drug-likeness (QED) is 0.229. The fourth-order valence-electron chi connectivity index (χ4n) is 13.9. The molecule has 0 spiro atoms. The Labute approximate surface area is 313 Å². The van der Waals surface area contributed by atoms with Crippen LogP contribution in [0, 0.1) is 62.1 Å². The van der Waals surface area contributed by atoms with Gasteiger partial charge in [0.25, 0.3) is 0 Å². The topological polar surface area (TPSA) is 121 Å². The van der Waals surface area contributed by atoms with Gasteiger partial charge in [-0.1, -0.05) is 66.9 Å². The van der Waals surface area contributed by atoms with E-state index in [4.69, 9.17) is 4.74 Å². The molecule has 5 fully saturated rings. The number of hydrogen-bond acceptors (Lipinski definition) is 6. The summed E-state index contributed by atoms with van der Waals surface area (Å²) < 4.78 is 6.16. The molecule has 6 aliphatic rings. The second kappa shape index (κ2) is 13.2. The number of carboxylic acid groups (broad SMARTS) is 1. The van der Waals surface area contributed by atoms with Crippen molar-refractivity contribution < 1.29 is 34.1 Å². The van der Waals surface area contributed by atoms with Crippen LogP contribution in [0.1, 0.15) is 152 Å². The summed E-state index contributed by atoms with van der Waals surface area (Å²) >= 11 is 0. The number of ether oxygens (including phenoxy) is 1. The van der Waals surface area contributed by atoms with Crippen LogP contribution in [0.25, 0.3) is 0 Å². The summed E-state index contributed by atoms with van der Waals surface area (Å²) in [7, 11) is 1.84. The Morgan fingerprint density at radius 2 is 1.54 bits per heavy atom. The first kappa shape index (κ1) is 39.5. The van der Waals surface area contributed by atoms with Crippen LogP contribution in [0.3, 0.4) is 0 Å². The van der Waals surface area contributed by atoms with E-state index in [2.05, 4.69) is 48.5 Å². The number of aliphatic carboxylic acids is 1. The van der Waals surface area contributed by atoms with E-state index in [1.807, 2.05) is 7.05 Å². The minimum atomic E-state index is -1.17. The van der Waals surface area contributed by atoms with Crippen LogP contribution in [0.15, 0.2) is 11.1 Å². The molecule has 0 aliphatic heterocycles. The summed E-state index contributed by atoms with van der Waals surface area (Å²) in [5.41, 5.74) is 0.178. The molecule has 0 radical (unpaired) electrons. The number of aliphatic hydroxyl groups excluding tert-OH is 1. The molecule has 0 heterocycles.